The van der Waals surface area contributed by atoms with Crippen molar-refractivity contribution in [3.8, 4) is 11.5 Å². The fraction of sp³-hybridized carbons (Fsp3) is 0.136. The average Bonchev–Trinajstić information content (AvgIpc) is 2.74. The lowest BCUT2D eigenvalue weighted by Gasteiger charge is -2.14. The van der Waals surface area contributed by atoms with Crippen molar-refractivity contribution in [2.75, 3.05) is 29.6 Å². The van der Waals surface area contributed by atoms with Crippen molar-refractivity contribution in [3.63, 3.8) is 0 Å². The Hall–Kier alpha value is -3.72. The van der Waals surface area contributed by atoms with Crippen molar-refractivity contribution in [2.45, 2.75) is 11.8 Å². The van der Waals surface area contributed by atoms with Crippen LogP contribution in [0.1, 0.15) is 5.56 Å². The van der Waals surface area contributed by atoms with Crippen LogP contribution in [0.5, 0.6) is 11.5 Å². The number of rotatable bonds is 7. The van der Waals surface area contributed by atoms with Crippen LogP contribution in [-0.2, 0) is 10.0 Å². The molecular weight excluding hydrogens is 418 g/mol. The standard InChI is InChI=1S/C22H23N3O5S/c1-15-5-4-6-17(13-15)23-22(26)24-20-14-19(11-12-21(20)30-3)31(27,28)25-16-7-9-18(29-2)10-8-16/h4-14,25H,1-3H3,(H2,23,24,26). The monoisotopic (exact) mass is 441 g/mol. The quantitative estimate of drug-likeness (QED) is 0.502. The van der Waals surface area contributed by atoms with Crippen LogP contribution in [0.4, 0.5) is 21.9 Å². The van der Waals surface area contributed by atoms with Gasteiger partial charge in [-0.2, -0.15) is 0 Å². The van der Waals surface area contributed by atoms with Crippen LogP contribution < -0.4 is 24.8 Å². The number of anilines is 3. The molecule has 8 nitrogen and oxygen atoms in total. The zero-order chi connectivity index (χ0) is 22.4. The number of amides is 2. The van der Waals surface area contributed by atoms with E-state index in [0.717, 1.165) is 5.56 Å². The van der Waals surface area contributed by atoms with Crippen LogP contribution in [0.2, 0.25) is 0 Å². The third kappa shape index (κ3) is 5.67. The van der Waals surface area contributed by atoms with Gasteiger partial charge in [0, 0.05) is 11.4 Å². The minimum absolute atomic E-state index is 0.0324. The first-order chi connectivity index (χ1) is 14.8. The molecule has 0 atom stereocenters. The SMILES string of the molecule is COc1ccc(NS(=O)(=O)c2ccc(OC)c(NC(=O)Nc3cccc(C)c3)c2)cc1. The normalized spacial score (nSPS) is 10.8. The Morgan fingerprint density at radius 1 is 0.839 bits per heavy atom. The van der Waals surface area contributed by atoms with Crippen LogP contribution in [0.15, 0.2) is 71.6 Å². The number of urea groups is 1. The molecule has 0 unspecified atom stereocenters. The number of methoxy groups -OCH3 is 2. The first kappa shape index (κ1) is 22.0. The predicted molar refractivity (Wildman–Crippen MR) is 121 cm³/mol. The number of sulfonamides is 1. The molecule has 9 heteroatoms. The van der Waals surface area contributed by atoms with Crippen LogP contribution in [0, 0.1) is 6.92 Å². The lowest BCUT2D eigenvalue weighted by atomic mass is 10.2. The smallest absolute Gasteiger partial charge is 0.323 e. The molecular formula is C22H23N3O5S. The molecule has 0 radical (unpaired) electrons. The lowest BCUT2D eigenvalue weighted by molar-refractivity contribution is 0.262. The Morgan fingerprint density at radius 3 is 2.23 bits per heavy atom. The van der Waals surface area contributed by atoms with Crippen LogP contribution in [0.3, 0.4) is 0 Å². The highest BCUT2D eigenvalue weighted by atomic mass is 32.2. The molecule has 0 heterocycles. The summed E-state index contributed by atoms with van der Waals surface area (Å²) in [7, 11) is -0.938. The van der Waals surface area contributed by atoms with Gasteiger partial charge in [-0.25, -0.2) is 13.2 Å². The fourth-order valence-electron chi connectivity index (χ4n) is 2.83. The van der Waals surface area contributed by atoms with Gasteiger partial charge in [0.1, 0.15) is 11.5 Å². The van der Waals surface area contributed by atoms with Gasteiger partial charge in [0.05, 0.1) is 24.8 Å². The third-order valence-electron chi connectivity index (χ3n) is 4.35. The van der Waals surface area contributed by atoms with Crippen molar-refractivity contribution in [1.82, 2.24) is 0 Å². The predicted octanol–water partition coefficient (Wildman–Crippen LogP) is 4.46. The van der Waals surface area contributed by atoms with E-state index < -0.39 is 16.1 Å². The van der Waals surface area contributed by atoms with Gasteiger partial charge >= 0.3 is 6.03 Å². The summed E-state index contributed by atoms with van der Waals surface area (Å²) in [6.07, 6.45) is 0. The molecule has 0 saturated heterocycles. The molecule has 3 aromatic rings. The van der Waals surface area contributed by atoms with E-state index in [1.54, 1.807) is 30.3 Å². The summed E-state index contributed by atoms with van der Waals surface area (Å²) < 4.78 is 38.4. The molecule has 31 heavy (non-hydrogen) atoms. The Bertz CT molecular complexity index is 1180. The summed E-state index contributed by atoms with van der Waals surface area (Å²) in [5.41, 5.74) is 2.20. The minimum Gasteiger partial charge on any atom is -0.497 e. The second kappa shape index (κ2) is 9.40. The Balaban J connectivity index is 1.80. The first-order valence-electron chi connectivity index (χ1n) is 9.30. The van der Waals surface area contributed by atoms with Crippen molar-refractivity contribution in [2.24, 2.45) is 0 Å². The van der Waals surface area contributed by atoms with Crippen molar-refractivity contribution in [1.29, 1.82) is 0 Å². The molecule has 0 aliphatic heterocycles. The number of carbonyl (C=O) groups is 1. The summed E-state index contributed by atoms with van der Waals surface area (Å²) in [6, 6.07) is 17.5. The highest BCUT2D eigenvalue weighted by Gasteiger charge is 2.18. The highest BCUT2D eigenvalue weighted by molar-refractivity contribution is 7.92. The molecule has 3 N–H and O–H groups in total. The Kier molecular flexibility index (Phi) is 6.66. The van der Waals surface area contributed by atoms with Gasteiger partial charge in [-0.05, 0) is 67.1 Å². The molecule has 3 rings (SSSR count). The summed E-state index contributed by atoms with van der Waals surface area (Å²) in [5, 5.41) is 5.35. The van der Waals surface area contributed by atoms with E-state index in [4.69, 9.17) is 9.47 Å². The number of carbonyl (C=O) groups excluding carboxylic acids is 1. The summed E-state index contributed by atoms with van der Waals surface area (Å²) in [5.74, 6) is 0.932. The van der Waals surface area contributed by atoms with E-state index in [0.29, 0.717) is 22.9 Å². The maximum Gasteiger partial charge on any atom is 0.323 e. The van der Waals surface area contributed by atoms with Crippen LogP contribution in [-0.4, -0.2) is 28.7 Å². The zero-order valence-corrected chi connectivity index (χ0v) is 18.1. The molecule has 0 aliphatic carbocycles. The van der Waals surface area contributed by atoms with Crippen molar-refractivity contribution in [3.05, 3.63) is 72.3 Å². The van der Waals surface area contributed by atoms with Gasteiger partial charge in [0.25, 0.3) is 10.0 Å². The summed E-state index contributed by atoms with van der Waals surface area (Å²) in [6.45, 7) is 1.91. The van der Waals surface area contributed by atoms with Crippen molar-refractivity contribution < 1.29 is 22.7 Å². The minimum atomic E-state index is -3.90. The van der Waals surface area contributed by atoms with Gasteiger partial charge in [-0.1, -0.05) is 12.1 Å². The zero-order valence-electron chi connectivity index (χ0n) is 17.3. The number of hydrogen-bond donors (Lipinski definition) is 3. The van der Waals surface area contributed by atoms with Gasteiger partial charge in [0.15, 0.2) is 0 Å². The average molecular weight is 442 g/mol. The van der Waals surface area contributed by atoms with E-state index in [1.165, 1.54) is 32.4 Å². The van der Waals surface area contributed by atoms with Crippen LogP contribution in [0.25, 0.3) is 0 Å². The number of nitrogens with one attached hydrogen (secondary N) is 3. The summed E-state index contributed by atoms with van der Waals surface area (Å²) in [4.78, 5) is 12.4. The van der Waals surface area contributed by atoms with Gasteiger partial charge in [0.2, 0.25) is 0 Å². The van der Waals surface area contributed by atoms with E-state index in [1.807, 2.05) is 25.1 Å². The summed E-state index contributed by atoms with van der Waals surface area (Å²) >= 11 is 0. The van der Waals surface area contributed by atoms with Gasteiger partial charge < -0.3 is 20.1 Å². The first-order valence-corrected chi connectivity index (χ1v) is 10.8. The molecule has 0 aromatic heterocycles. The largest absolute Gasteiger partial charge is 0.497 e. The highest BCUT2D eigenvalue weighted by Crippen LogP contribution is 2.29. The molecule has 2 amide bonds. The second-order valence-electron chi connectivity index (χ2n) is 6.64. The Labute approximate surface area is 181 Å². The van der Waals surface area contributed by atoms with E-state index in [-0.39, 0.29) is 10.6 Å². The number of ether oxygens (including phenoxy) is 2. The number of hydrogen-bond acceptors (Lipinski definition) is 5. The molecule has 0 fully saturated rings. The van der Waals surface area contributed by atoms with Gasteiger partial charge in [-0.3, -0.25) is 4.72 Å². The van der Waals surface area contributed by atoms with E-state index >= 15 is 0 Å². The molecule has 0 spiro atoms. The van der Waals surface area contributed by atoms with Crippen LogP contribution >= 0.6 is 0 Å². The molecule has 162 valence electrons. The maximum atomic E-state index is 12.8. The topological polar surface area (TPSA) is 106 Å². The second-order valence-corrected chi connectivity index (χ2v) is 8.33. The van der Waals surface area contributed by atoms with Crippen molar-refractivity contribution >= 4 is 33.1 Å². The van der Waals surface area contributed by atoms with Gasteiger partial charge in [-0.15, -0.1) is 0 Å². The number of benzene rings is 3. The Morgan fingerprint density at radius 2 is 1.58 bits per heavy atom. The lowest BCUT2D eigenvalue weighted by Crippen LogP contribution is -2.20. The maximum absolute atomic E-state index is 12.8. The molecule has 0 bridgehead atoms. The fourth-order valence-corrected chi connectivity index (χ4v) is 3.92. The van der Waals surface area contributed by atoms with E-state index in [9.17, 15) is 13.2 Å². The number of aryl methyl sites for hydroxylation is 1. The molecule has 3 aromatic carbocycles. The third-order valence-corrected chi connectivity index (χ3v) is 5.73. The molecule has 0 saturated carbocycles. The molecule has 0 aliphatic rings. The van der Waals surface area contributed by atoms with E-state index in [2.05, 4.69) is 15.4 Å².